The standard InChI is InChI=1S/C22H29N5O4/c1-15-11-27(17-13-30-21(31-14-17)12-25-8-5-23-6-9-25)19-3-2-16(10-18(15)19)26-7-4-20(28)24-22(26)29/h2-3,10-11,17,21,23H,4-9,12-14H2,1H3,(H,24,28,29). The van der Waals surface area contributed by atoms with Gasteiger partial charge in [-0.25, -0.2) is 4.79 Å². The highest BCUT2D eigenvalue weighted by molar-refractivity contribution is 6.06. The Morgan fingerprint density at radius 3 is 2.61 bits per heavy atom. The minimum atomic E-state index is -0.364. The quantitative estimate of drug-likeness (QED) is 0.763. The number of piperazine rings is 1. The van der Waals surface area contributed by atoms with Crippen molar-refractivity contribution in [1.29, 1.82) is 0 Å². The molecule has 3 saturated heterocycles. The molecule has 9 nitrogen and oxygen atoms in total. The summed E-state index contributed by atoms with van der Waals surface area (Å²) in [5, 5.41) is 6.83. The van der Waals surface area contributed by atoms with Gasteiger partial charge in [0.05, 0.1) is 19.3 Å². The molecule has 0 unspecified atom stereocenters. The van der Waals surface area contributed by atoms with Crippen LogP contribution in [0.25, 0.3) is 10.9 Å². The smallest absolute Gasteiger partial charge is 0.328 e. The first-order valence-electron chi connectivity index (χ1n) is 11.0. The van der Waals surface area contributed by atoms with Crippen LogP contribution in [0.4, 0.5) is 10.5 Å². The Bertz CT molecular complexity index is 976. The van der Waals surface area contributed by atoms with Crippen LogP contribution in [-0.2, 0) is 14.3 Å². The van der Waals surface area contributed by atoms with Gasteiger partial charge in [-0.15, -0.1) is 0 Å². The van der Waals surface area contributed by atoms with Crippen molar-refractivity contribution in [2.24, 2.45) is 0 Å². The van der Waals surface area contributed by atoms with E-state index in [0.29, 0.717) is 26.2 Å². The van der Waals surface area contributed by atoms with Crippen LogP contribution < -0.4 is 15.5 Å². The average Bonchev–Trinajstić information content (AvgIpc) is 3.11. The van der Waals surface area contributed by atoms with Gasteiger partial charge in [-0.3, -0.25) is 19.9 Å². The first-order chi connectivity index (χ1) is 15.1. The molecular weight excluding hydrogens is 398 g/mol. The molecule has 0 aliphatic carbocycles. The molecule has 3 aliphatic heterocycles. The molecule has 0 atom stereocenters. The molecule has 1 aromatic heterocycles. The minimum Gasteiger partial charge on any atom is -0.349 e. The zero-order valence-corrected chi connectivity index (χ0v) is 17.8. The average molecular weight is 428 g/mol. The number of hydrogen-bond acceptors (Lipinski definition) is 6. The van der Waals surface area contributed by atoms with Crippen LogP contribution in [0, 0.1) is 6.92 Å². The molecule has 3 amide bonds. The lowest BCUT2D eigenvalue weighted by molar-refractivity contribution is -0.203. The van der Waals surface area contributed by atoms with E-state index in [1.165, 1.54) is 0 Å². The highest BCUT2D eigenvalue weighted by atomic mass is 16.7. The molecule has 4 heterocycles. The number of rotatable bonds is 4. The van der Waals surface area contributed by atoms with Crippen molar-refractivity contribution in [2.45, 2.75) is 25.7 Å². The summed E-state index contributed by atoms with van der Waals surface area (Å²) in [7, 11) is 0. The number of carbonyl (C=O) groups excluding carboxylic acids is 2. The highest BCUT2D eigenvalue weighted by Gasteiger charge is 2.28. The monoisotopic (exact) mass is 427 g/mol. The van der Waals surface area contributed by atoms with Crippen LogP contribution in [0.3, 0.4) is 0 Å². The Hall–Kier alpha value is -2.46. The van der Waals surface area contributed by atoms with Crippen molar-refractivity contribution in [3.63, 3.8) is 0 Å². The van der Waals surface area contributed by atoms with Crippen LogP contribution in [0.15, 0.2) is 24.4 Å². The van der Waals surface area contributed by atoms with E-state index < -0.39 is 0 Å². The fourth-order valence-electron chi connectivity index (χ4n) is 4.60. The van der Waals surface area contributed by atoms with Crippen molar-refractivity contribution >= 4 is 28.5 Å². The SMILES string of the molecule is Cc1cn(C2COC(CN3CCNCC3)OC2)c2ccc(N3CCC(=O)NC3=O)cc12. The molecule has 2 aromatic rings. The van der Waals surface area contributed by atoms with E-state index >= 15 is 0 Å². The van der Waals surface area contributed by atoms with E-state index in [9.17, 15) is 9.59 Å². The summed E-state index contributed by atoms with van der Waals surface area (Å²) < 4.78 is 14.3. The molecule has 9 heteroatoms. The van der Waals surface area contributed by atoms with Crippen molar-refractivity contribution < 1.29 is 19.1 Å². The molecule has 2 N–H and O–H groups in total. The van der Waals surface area contributed by atoms with E-state index in [2.05, 4.69) is 33.2 Å². The summed E-state index contributed by atoms with van der Waals surface area (Å²) in [4.78, 5) is 27.6. The van der Waals surface area contributed by atoms with E-state index in [1.54, 1.807) is 4.90 Å². The zero-order valence-electron chi connectivity index (χ0n) is 17.8. The predicted octanol–water partition coefficient (Wildman–Crippen LogP) is 1.22. The van der Waals surface area contributed by atoms with E-state index in [0.717, 1.165) is 54.9 Å². The molecule has 0 saturated carbocycles. The summed E-state index contributed by atoms with van der Waals surface area (Å²) in [6.45, 7) is 8.58. The fraction of sp³-hybridized carbons (Fsp3) is 0.545. The van der Waals surface area contributed by atoms with Crippen LogP contribution in [0.2, 0.25) is 0 Å². The Morgan fingerprint density at radius 2 is 1.87 bits per heavy atom. The summed E-state index contributed by atoms with van der Waals surface area (Å²) >= 11 is 0. The third-order valence-corrected chi connectivity index (χ3v) is 6.34. The second-order valence-electron chi connectivity index (χ2n) is 8.48. The van der Waals surface area contributed by atoms with Crippen LogP contribution in [0.5, 0.6) is 0 Å². The minimum absolute atomic E-state index is 0.109. The van der Waals surface area contributed by atoms with Gasteiger partial charge in [0.25, 0.3) is 0 Å². The number of aryl methyl sites for hydroxylation is 1. The first kappa shape index (κ1) is 20.4. The molecule has 166 valence electrons. The third-order valence-electron chi connectivity index (χ3n) is 6.34. The Kier molecular flexibility index (Phi) is 5.66. The van der Waals surface area contributed by atoms with Gasteiger partial charge in [0.2, 0.25) is 5.91 Å². The Morgan fingerprint density at radius 1 is 1.10 bits per heavy atom. The lowest BCUT2D eigenvalue weighted by Crippen LogP contribution is -2.49. The molecule has 0 radical (unpaired) electrons. The number of fused-ring (bicyclic) bond motifs is 1. The molecule has 5 rings (SSSR count). The Labute approximate surface area is 181 Å². The predicted molar refractivity (Wildman–Crippen MR) is 116 cm³/mol. The number of nitrogens with one attached hydrogen (secondary N) is 2. The molecule has 0 bridgehead atoms. The number of nitrogens with zero attached hydrogens (tertiary/aromatic N) is 3. The molecule has 1 aromatic carbocycles. The van der Waals surface area contributed by atoms with Gasteiger partial charge < -0.3 is 19.4 Å². The van der Waals surface area contributed by atoms with E-state index in [1.807, 2.05) is 18.2 Å². The second-order valence-corrected chi connectivity index (χ2v) is 8.48. The summed E-state index contributed by atoms with van der Waals surface area (Å²) in [5.41, 5.74) is 3.02. The normalized spacial score (nSPS) is 25.8. The van der Waals surface area contributed by atoms with Crippen molar-refractivity contribution in [3.8, 4) is 0 Å². The molecule has 3 aliphatic rings. The van der Waals surface area contributed by atoms with Crippen LogP contribution in [0.1, 0.15) is 18.0 Å². The number of imide groups is 1. The summed E-state index contributed by atoms with van der Waals surface area (Å²) in [6, 6.07) is 5.74. The number of benzene rings is 1. The largest absolute Gasteiger partial charge is 0.349 e. The maximum absolute atomic E-state index is 12.2. The molecule has 3 fully saturated rings. The number of urea groups is 1. The summed E-state index contributed by atoms with van der Waals surface area (Å²) in [5.74, 6) is -0.225. The number of amides is 3. The van der Waals surface area contributed by atoms with Crippen molar-refractivity contribution in [1.82, 2.24) is 20.1 Å². The maximum atomic E-state index is 12.2. The zero-order chi connectivity index (χ0) is 21.4. The van der Waals surface area contributed by atoms with Crippen LogP contribution in [-0.4, -0.2) is 80.2 Å². The second kappa shape index (κ2) is 8.58. The lowest BCUT2D eigenvalue weighted by atomic mass is 10.1. The van der Waals surface area contributed by atoms with Gasteiger partial charge in [0.15, 0.2) is 6.29 Å². The van der Waals surface area contributed by atoms with Gasteiger partial charge in [-0.05, 0) is 30.7 Å². The topological polar surface area (TPSA) is 88.1 Å². The van der Waals surface area contributed by atoms with Gasteiger partial charge in [0.1, 0.15) is 0 Å². The van der Waals surface area contributed by atoms with Gasteiger partial charge in [-0.1, -0.05) is 0 Å². The number of anilines is 1. The third kappa shape index (κ3) is 4.18. The maximum Gasteiger partial charge on any atom is 0.328 e. The van der Waals surface area contributed by atoms with Crippen LogP contribution >= 0.6 is 0 Å². The molecule has 0 spiro atoms. The molecule has 31 heavy (non-hydrogen) atoms. The van der Waals surface area contributed by atoms with Gasteiger partial charge in [0, 0.05) is 68.5 Å². The molecular formula is C22H29N5O4. The van der Waals surface area contributed by atoms with Crippen molar-refractivity contribution in [2.75, 3.05) is 57.4 Å². The highest BCUT2D eigenvalue weighted by Crippen LogP contribution is 2.31. The van der Waals surface area contributed by atoms with E-state index in [-0.39, 0.29) is 24.3 Å². The lowest BCUT2D eigenvalue weighted by Gasteiger charge is -2.35. The number of aromatic nitrogens is 1. The first-order valence-corrected chi connectivity index (χ1v) is 11.0. The van der Waals surface area contributed by atoms with Gasteiger partial charge in [-0.2, -0.15) is 0 Å². The summed E-state index contributed by atoms with van der Waals surface area (Å²) in [6.07, 6.45) is 2.27. The van der Waals surface area contributed by atoms with Gasteiger partial charge >= 0.3 is 6.03 Å². The Balaban J connectivity index is 1.29. The fourth-order valence-corrected chi connectivity index (χ4v) is 4.60. The number of carbonyl (C=O) groups is 2. The number of ether oxygens (including phenoxy) is 2. The van der Waals surface area contributed by atoms with Crippen molar-refractivity contribution in [3.05, 3.63) is 30.0 Å². The number of hydrogen-bond donors (Lipinski definition) is 2. The van der Waals surface area contributed by atoms with E-state index in [4.69, 9.17) is 9.47 Å².